The molecule has 0 aromatic heterocycles. The van der Waals surface area contributed by atoms with Crippen molar-refractivity contribution in [3.63, 3.8) is 0 Å². The maximum atomic E-state index is 11.0. The average Bonchev–Trinajstić information content (AvgIpc) is 2.70. The van der Waals surface area contributed by atoms with Crippen molar-refractivity contribution >= 4 is 5.97 Å². The molecule has 1 aromatic carbocycles. The normalized spacial score (nSPS) is 27.3. The van der Waals surface area contributed by atoms with Crippen LogP contribution in [0.4, 0.5) is 0 Å². The summed E-state index contributed by atoms with van der Waals surface area (Å²) in [5.74, 6) is -0.718. The zero-order chi connectivity index (χ0) is 21.2. The third kappa shape index (κ3) is 7.33. The molecule has 0 saturated carbocycles. The number of rotatable bonds is 12. The molecule has 1 aliphatic heterocycles. The van der Waals surface area contributed by atoms with Gasteiger partial charge in [-0.3, -0.25) is 0 Å². The maximum Gasteiger partial charge on any atom is 0.329 e. The topological polar surface area (TPSA) is 92.7 Å². The van der Waals surface area contributed by atoms with Crippen LogP contribution in [0.3, 0.4) is 0 Å². The number of hydrogen-bond acceptors (Lipinski definition) is 7. The minimum Gasteiger partial charge on any atom is -0.480 e. The molecule has 0 radical (unpaired) electrons. The van der Waals surface area contributed by atoms with E-state index in [9.17, 15) is 4.79 Å². The van der Waals surface area contributed by atoms with Crippen LogP contribution in [0.5, 0.6) is 0 Å². The first-order valence-corrected chi connectivity index (χ1v) is 9.74. The predicted octanol–water partition coefficient (Wildman–Crippen LogP) is 2.10. The lowest BCUT2D eigenvalue weighted by atomic mass is 9.98. The molecule has 29 heavy (non-hydrogen) atoms. The van der Waals surface area contributed by atoms with Crippen LogP contribution >= 0.6 is 0 Å². The van der Waals surface area contributed by atoms with Gasteiger partial charge >= 0.3 is 5.97 Å². The molecular weight excluding hydrogens is 380 g/mol. The molecule has 8 heteroatoms. The smallest absolute Gasteiger partial charge is 0.329 e. The van der Waals surface area contributed by atoms with E-state index in [-0.39, 0.29) is 6.61 Å². The first kappa shape index (κ1) is 23.7. The SMILES string of the molecule is COC1C(COCC(C)C)O[C@@H](OCC(=O)O)[C@H](OCc2ccccc2)[C@H]1OC. The van der Waals surface area contributed by atoms with Crippen LogP contribution in [0.25, 0.3) is 0 Å². The Hall–Kier alpha value is -1.55. The molecule has 5 atom stereocenters. The van der Waals surface area contributed by atoms with E-state index in [0.29, 0.717) is 19.1 Å². The van der Waals surface area contributed by atoms with Crippen LogP contribution < -0.4 is 0 Å². The van der Waals surface area contributed by atoms with Crippen molar-refractivity contribution in [3.05, 3.63) is 35.9 Å². The molecule has 0 bridgehead atoms. The summed E-state index contributed by atoms with van der Waals surface area (Å²) in [6.07, 6.45) is -3.08. The predicted molar refractivity (Wildman–Crippen MR) is 105 cm³/mol. The quantitative estimate of drug-likeness (QED) is 0.558. The third-order valence-corrected chi connectivity index (χ3v) is 4.53. The van der Waals surface area contributed by atoms with Crippen LogP contribution in [0.2, 0.25) is 0 Å². The van der Waals surface area contributed by atoms with E-state index in [1.165, 1.54) is 0 Å². The third-order valence-electron chi connectivity index (χ3n) is 4.53. The van der Waals surface area contributed by atoms with Crippen molar-refractivity contribution in [2.75, 3.05) is 34.0 Å². The first-order chi connectivity index (χ1) is 14.0. The Bertz CT molecular complexity index is 594. The summed E-state index contributed by atoms with van der Waals surface area (Å²) >= 11 is 0. The van der Waals surface area contributed by atoms with Gasteiger partial charge in [0.2, 0.25) is 0 Å². The van der Waals surface area contributed by atoms with Crippen LogP contribution in [0.1, 0.15) is 19.4 Å². The zero-order valence-corrected chi connectivity index (χ0v) is 17.5. The number of ether oxygens (including phenoxy) is 6. The summed E-state index contributed by atoms with van der Waals surface area (Å²) in [5, 5.41) is 9.03. The van der Waals surface area contributed by atoms with Crippen LogP contribution in [0.15, 0.2) is 30.3 Å². The number of carbonyl (C=O) groups is 1. The summed E-state index contributed by atoms with van der Waals surface area (Å²) in [5.41, 5.74) is 0.968. The number of carboxylic acids is 1. The molecule has 1 saturated heterocycles. The van der Waals surface area contributed by atoms with Gasteiger partial charge in [0.1, 0.15) is 31.0 Å². The monoisotopic (exact) mass is 412 g/mol. The Morgan fingerprint density at radius 2 is 1.76 bits per heavy atom. The lowest BCUT2D eigenvalue weighted by Crippen LogP contribution is -2.61. The zero-order valence-electron chi connectivity index (χ0n) is 17.5. The van der Waals surface area contributed by atoms with Crippen LogP contribution in [0, 0.1) is 5.92 Å². The summed E-state index contributed by atoms with van der Waals surface area (Å²) < 4.78 is 34.6. The van der Waals surface area contributed by atoms with Gasteiger partial charge in [-0.1, -0.05) is 44.2 Å². The number of benzene rings is 1. The standard InChI is InChI=1S/C21H32O8/c1-14(2)10-26-12-16-18(24-3)19(25-4)20(21(29-16)28-13-17(22)23)27-11-15-8-6-5-7-9-15/h5-9,14,16,18-21H,10-13H2,1-4H3,(H,22,23)/t16?,18?,19-,20+,21+/m0/s1. The highest BCUT2D eigenvalue weighted by Crippen LogP contribution is 2.29. The Labute approximate surface area is 172 Å². The fourth-order valence-corrected chi connectivity index (χ4v) is 3.22. The molecule has 8 nitrogen and oxygen atoms in total. The van der Waals surface area contributed by atoms with Crippen molar-refractivity contribution in [1.82, 2.24) is 0 Å². The van der Waals surface area contributed by atoms with Crippen molar-refractivity contribution in [1.29, 1.82) is 0 Å². The van der Waals surface area contributed by atoms with Crippen molar-refractivity contribution in [2.45, 2.75) is 51.2 Å². The minimum atomic E-state index is -1.09. The molecular formula is C21H32O8. The molecule has 2 rings (SSSR count). The van der Waals surface area contributed by atoms with Gasteiger partial charge in [-0.25, -0.2) is 4.79 Å². The van der Waals surface area contributed by atoms with Crippen molar-refractivity contribution in [2.24, 2.45) is 5.92 Å². The van der Waals surface area contributed by atoms with Gasteiger partial charge in [0, 0.05) is 20.8 Å². The Kier molecular flexibility index (Phi) is 9.99. The second-order valence-electron chi connectivity index (χ2n) is 7.34. The molecule has 1 fully saturated rings. The molecule has 0 aliphatic carbocycles. The summed E-state index contributed by atoms with van der Waals surface area (Å²) in [7, 11) is 3.13. The molecule has 0 spiro atoms. The molecule has 1 heterocycles. The largest absolute Gasteiger partial charge is 0.480 e. The molecule has 2 unspecified atom stereocenters. The Balaban J connectivity index is 2.14. The van der Waals surface area contributed by atoms with Crippen LogP contribution in [-0.2, 0) is 39.8 Å². The highest BCUT2D eigenvalue weighted by molar-refractivity contribution is 5.68. The fraction of sp³-hybridized carbons (Fsp3) is 0.667. The maximum absolute atomic E-state index is 11.0. The number of aliphatic carboxylic acids is 1. The average molecular weight is 412 g/mol. The second kappa shape index (κ2) is 12.2. The summed E-state index contributed by atoms with van der Waals surface area (Å²) in [4.78, 5) is 11.0. The lowest BCUT2D eigenvalue weighted by molar-refractivity contribution is -0.318. The summed E-state index contributed by atoms with van der Waals surface area (Å²) in [6.45, 7) is 4.74. The second-order valence-corrected chi connectivity index (χ2v) is 7.34. The highest BCUT2D eigenvalue weighted by Gasteiger charge is 2.48. The number of carboxylic acid groups (broad SMARTS) is 1. The Morgan fingerprint density at radius 3 is 2.34 bits per heavy atom. The Morgan fingerprint density at radius 1 is 1.07 bits per heavy atom. The molecule has 1 N–H and O–H groups in total. The van der Waals surface area contributed by atoms with Crippen molar-refractivity contribution in [3.8, 4) is 0 Å². The van der Waals surface area contributed by atoms with Gasteiger partial charge in [-0.15, -0.1) is 0 Å². The van der Waals surface area contributed by atoms with E-state index >= 15 is 0 Å². The summed E-state index contributed by atoms with van der Waals surface area (Å²) in [6, 6.07) is 9.64. The first-order valence-electron chi connectivity index (χ1n) is 9.74. The van der Waals surface area contributed by atoms with Crippen molar-refractivity contribution < 1.29 is 38.3 Å². The minimum absolute atomic E-state index is 0.273. The fourth-order valence-electron chi connectivity index (χ4n) is 3.22. The van der Waals surface area contributed by atoms with Crippen LogP contribution in [-0.4, -0.2) is 75.8 Å². The van der Waals surface area contributed by atoms with E-state index in [1.807, 2.05) is 30.3 Å². The molecule has 0 amide bonds. The lowest BCUT2D eigenvalue weighted by Gasteiger charge is -2.44. The van der Waals surface area contributed by atoms with Gasteiger partial charge in [0.05, 0.1) is 13.2 Å². The van der Waals surface area contributed by atoms with E-state index < -0.39 is 43.3 Å². The molecule has 1 aromatic rings. The molecule has 1 aliphatic rings. The van der Waals surface area contributed by atoms with Gasteiger partial charge in [0.25, 0.3) is 0 Å². The van der Waals surface area contributed by atoms with E-state index in [0.717, 1.165) is 5.56 Å². The van der Waals surface area contributed by atoms with Gasteiger partial charge in [-0.05, 0) is 11.5 Å². The van der Waals surface area contributed by atoms with E-state index in [2.05, 4.69) is 13.8 Å². The van der Waals surface area contributed by atoms with Gasteiger partial charge in [0.15, 0.2) is 6.29 Å². The van der Waals surface area contributed by atoms with Gasteiger partial charge in [-0.2, -0.15) is 0 Å². The van der Waals surface area contributed by atoms with E-state index in [4.69, 9.17) is 33.5 Å². The highest BCUT2D eigenvalue weighted by atomic mass is 16.7. The number of methoxy groups -OCH3 is 2. The number of hydrogen-bond donors (Lipinski definition) is 1. The van der Waals surface area contributed by atoms with E-state index in [1.54, 1.807) is 14.2 Å². The molecule has 164 valence electrons. The van der Waals surface area contributed by atoms with Gasteiger partial charge < -0.3 is 33.5 Å².